The summed E-state index contributed by atoms with van der Waals surface area (Å²) in [5.41, 5.74) is 0. The van der Waals surface area contributed by atoms with Crippen LogP contribution in [0.5, 0.6) is 0 Å². The molecule has 2 heterocycles. The van der Waals surface area contributed by atoms with E-state index in [1.165, 1.54) is 0 Å². The quantitative estimate of drug-likeness (QED) is 0.680. The number of likely N-dealkylation sites (tertiary alicyclic amines) is 1. The molecule has 15 heavy (non-hydrogen) atoms. The molecule has 2 aliphatic rings. The standard InChI is InChI=1S/C11H21N3O/c1-12-5-7-14-6-4-10-9(8-14)2-3-11(15)13-10/h9-10,12H,2-8H2,1H3,(H,13,15). The fourth-order valence-electron chi connectivity index (χ4n) is 2.66. The molecular weight excluding hydrogens is 190 g/mol. The number of amides is 1. The lowest BCUT2D eigenvalue weighted by molar-refractivity contribution is -0.125. The first kappa shape index (κ1) is 10.9. The molecule has 0 aromatic rings. The first-order valence-electron chi connectivity index (χ1n) is 5.96. The topological polar surface area (TPSA) is 44.4 Å². The fraction of sp³-hybridized carbons (Fsp3) is 0.909. The molecule has 0 aromatic carbocycles. The Morgan fingerprint density at radius 3 is 3.20 bits per heavy atom. The number of nitrogens with one attached hydrogen (secondary N) is 2. The number of hydrogen-bond acceptors (Lipinski definition) is 3. The average Bonchev–Trinajstić information content (AvgIpc) is 2.26. The van der Waals surface area contributed by atoms with Crippen molar-refractivity contribution in [1.82, 2.24) is 15.5 Å². The molecule has 2 rings (SSSR count). The van der Waals surface area contributed by atoms with Gasteiger partial charge in [0.15, 0.2) is 0 Å². The van der Waals surface area contributed by atoms with Crippen molar-refractivity contribution >= 4 is 5.91 Å². The van der Waals surface area contributed by atoms with Crippen molar-refractivity contribution in [3.8, 4) is 0 Å². The van der Waals surface area contributed by atoms with Gasteiger partial charge in [-0.05, 0) is 25.8 Å². The van der Waals surface area contributed by atoms with Crippen LogP contribution in [-0.2, 0) is 4.79 Å². The number of fused-ring (bicyclic) bond motifs is 1. The van der Waals surface area contributed by atoms with Gasteiger partial charge >= 0.3 is 0 Å². The highest BCUT2D eigenvalue weighted by Crippen LogP contribution is 2.24. The molecule has 2 fully saturated rings. The summed E-state index contributed by atoms with van der Waals surface area (Å²) in [4.78, 5) is 13.7. The van der Waals surface area contributed by atoms with Crippen LogP contribution in [-0.4, -0.2) is 50.1 Å². The fourth-order valence-corrected chi connectivity index (χ4v) is 2.66. The first-order chi connectivity index (χ1) is 7.29. The van der Waals surface area contributed by atoms with Gasteiger partial charge in [0.1, 0.15) is 0 Å². The number of piperidine rings is 2. The number of likely N-dealkylation sites (N-methyl/N-ethyl adjacent to an activating group) is 1. The molecule has 0 saturated carbocycles. The van der Waals surface area contributed by atoms with Crippen LogP contribution in [0.3, 0.4) is 0 Å². The lowest BCUT2D eigenvalue weighted by Gasteiger charge is -2.41. The summed E-state index contributed by atoms with van der Waals surface area (Å²) >= 11 is 0. The van der Waals surface area contributed by atoms with Crippen LogP contribution in [0.25, 0.3) is 0 Å². The Kier molecular flexibility index (Phi) is 3.59. The van der Waals surface area contributed by atoms with Crippen LogP contribution in [0.2, 0.25) is 0 Å². The van der Waals surface area contributed by atoms with Gasteiger partial charge < -0.3 is 15.5 Å². The minimum atomic E-state index is 0.250. The maximum atomic E-state index is 11.2. The van der Waals surface area contributed by atoms with E-state index >= 15 is 0 Å². The molecular formula is C11H21N3O. The average molecular weight is 211 g/mol. The van der Waals surface area contributed by atoms with E-state index in [0.717, 1.165) is 45.4 Å². The van der Waals surface area contributed by atoms with Crippen molar-refractivity contribution in [3.05, 3.63) is 0 Å². The molecule has 0 aliphatic carbocycles. The van der Waals surface area contributed by atoms with Crippen LogP contribution >= 0.6 is 0 Å². The molecule has 0 bridgehead atoms. The Morgan fingerprint density at radius 2 is 2.40 bits per heavy atom. The SMILES string of the molecule is CNCCN1CCC2NC(=O)CCC2C1. The Hall–Kier alpha value is -0.610. The number of nitrogens with zero attached hydrogens (tertiary/aromatic N) is 1. The van der Waals surface area contributed by atoms with E-state index in [4.69, 9.17) is 0 Å². The zero-order valence-corrected chi connectivity index (χ0v) is 9.46. The maximum absolute atomic E-state index is 11.2. The highest BCUT2D eigenvalue weighted by molar-refractivity contribution is 5.77. The Morgan fingerprint density at radius 1 is 1.53 bits per heavy atom. The van der Waals surface area contributed by atoms with Crippen molar-refractivity contribution in [2.75, 3.05) is 33.2 Å². The lowest BCUT2D eigenvalue weighted by atomic mass is 9.85. The van der Waals surface area contributed by atoms with Crippen LogP contribution in [0, 0.1) is 5.92 Å². The molecule has 86 valence electrons. The molecule has 1 amide bonds. The van der Waals surface area contributed by atoms with Gasteiger partial charge in [-0.25, -0.2) is 0 Å². The molecule has 2 N–H and O–H groups in total. The maximum Gasteiger partial charge on any atom is 0.220 e. The molecule has 4 heteroatoms. The van der Waals surface area contributed by atoms with Crippen molar-refractivity contribution in [1.29, 1.82) is 0 Å². The Bertz CT molecular complexity index is 232. The van der Waals surface area contributed by atoms with Crippen molar-refractivity contribution in [3.63, 3.8) is 0 Å². The lowest BCUT2D eigenvalue weighted by Crippen LogP contribution is -2.54. The second kappa shape index (κ2) is 4.94. The summed E-state index contributed by atoms with van der Waals surface area (Å²) in [7, 11) is 1.99. The zero-order valence-electron chi connectivity index (χ0n) is 9.46. The van der Waals surface area contributed by atoms with Gasteiger partial charge in [0.25, 0.3) is 0 Å². The minimum absolute atomic E-state index is 0.250. The Balaban J connectivity index is 1.81. The van der Waals surface area contributed by atoms with Gasteiger partial charge in [0.05, 0.1) is 0 Å². The van der Waals surface area contributed by atoms with Gasteiger partial charge in [-0.15, -0.1) is 0 Å². The van der Waals surface area contributed by atoms with Crippen molar-refractivity contribution < 1.29 is 4.79 Å². The minimum Gasteiger partial charge on any atom is -0.353 e. The molecule has 4 nitrogen and oxygen atoms in total. The third-order valence-electron chi connectivity index (χ3n) is 3.58. The van der Waals surface area contributed by atoms with E-state index < -0.39 is 0 Å². The van der Waals surface area contributed by atoms with Gasteiger partial charge in [-0.1, -0.05) is 0 Å². The summed E-state index contributed by atoms with van der Waals surface area (Å²) in [5, 5.41) is 6.30. The second-order valence-corrected chi connectivity index (χ2v) is 4.67. The summed E-state index contributed by atoms with van der Waals surface area (Å²) in [6.45, 7) is 4.48. The summed E-state index contributed by atoms with van der Waals surface area (Å²) < 4.78 is 0. The predicted octanol–water partition coefficient (Wildman–Crippen LogP) is -0.194. The molecule has 0 radical (unpaired) electrons. The molecule has 2 saturated heterocycles. The van der Waals surface area contributed by atoms with Crippen molar-refractivity contribution in [2.45, 2.75) is 25.3 Å². The number of hydrogen-bond donors (Lipinski definition) is 2. The summed E-state index contributed by atoms with van der Waals surface area (Å²) in [6.07, 6.45) is 2.92. The third kappa shape index (κ3) is 2.69. The second-order valence-electron chi connectivity index (χ2n) is 4.67. The highest BCUT2D eigenvalue weighted by Gasteiger charge is 2.33. The smallest absolute Gasteiger partial charge is 0.220 e. The first-order valence-corrected chi connectivity index (χ1v) is 5.96. The van der Waals surface area contributed by atoms with E-state index in [-0.39, 0.29) is 5.91 Å². The normalized spacial score (nSPS) is 32.2. The number of rotatable bonds is 3. The van der Waals surface area contributed by atoms with Crippen LogP contribution < -0.4 is 10.6 Å². The molecule has 2 atom stereocenters. The van der Waals surface area contributed by atoms with E-state index in [2.05, 4.69) is 15.5 Å². The van der Waals surface area contributed by atoms with Gasteiger partial charge in [-0.2, -0.15) is 0 Å². The largest absolute Gasteiger partial charge is 0.353 e. The van der Waals surface area contributed by atoms with Gasteiger partial charge in [0, 0.05) is 38.6 Å². The Labute approximate surface area is 91.4 Å². The monoisotopic (exact) mass is 211 g/mol. The van der Waals surface area contributed by atoms with Crippen molar-refractivity contribution in [2.24, 2.45) is 5.92 Å². The van der Waals surface area contributed by atoms with E-state index in [1.54, 1.807) is 0 Å². The summed E-state index contributed by atoms with van der Waals surface area (Å²) in [5.74, 6) is 0.938. The van der Waals surface area contributed by atoms with Gasteiger partial charge in [0.2, 0.25) is 5.91 Å². The van der Waals surface area contributed by atoms with Crippen LogP contribution in [0.15, 0.2) is 0 Å². The molecule has 2 unspecified atom stereocenters. The number of carbonyl (C=O) groups is 1. The third-order valence-corrected chi connectivity index (χ3v) is 3.58. The molecule has 0 aromatic heterocycles. The molecule has 2 aliphatic heterocycles. The van der Waals surface area contributed by atoms with Gasteiger partial charge in [-0.3, -0.25) is 4.79 Å². The highest BCUT2D eigenvalue weighted by atomic mass is 16.1. The zero-order chi connectivity index (χ0) is 10.7. The van der Waals surface area contributed by atoms with E-state index in [9.17, 15) is 4.79 Å². The summed E-state index contributed by atoms with van der Waals surface area (Å²) in [6, 6.07) is 0.456. The van der Waals surface area contributed by atoms with E-state index in [1.807, 2.05) is 7.05 Å². The number of carbonyl (C=O) groups excluding carboxylic acids is 1. The predicted molar refractivity (Wildman–Crippen MR) is 59.6 cm³/mol. The molecule has 0 spiro atoms. The van der Waals surface area contributed by atoms with E-state index in [0.29, 0.717) is 12.0 Å². The van der Waals surface area contributed by atoms with Crippen LogP contribution in [0.4, 0.5) is 0 Å². The van der Waals surface area contributed by atoms with Crippen LogP contribution in [0.1, 0.15) is 19.3 Å².